The van der Waals surface area contributed by atoms with Crippen LogP contribution in [0.25, 0.3) is 0 Å². The number of nitrogens with two attached hydrogens (primary N) is 2. The summed E-state index contributed by atoms with van der Waals surface area (Å²) >= 11 is 1.37. The maximum absolute atomic E-state index is 12.0. The molecule has 1 aromatic rings. The number of ketones is 1. The van der Waals surface area contributed by atoms with Gasteiger partial charge < -0.3 is 32.7 Å². The van der Waals surface area contributed by atoms with Gasteiger partial charge in [0.05, 0.1) is 19.2 Å². The van der Waals surface area contributed by atoms with Crippen molar-refractivity contribution in [3.05, 3.63) is 16.6 Å². The number of hydroxylamine groups is 1. The zero-order valence-electron chi connectivity index (χ0n) is 20.7. The van der Waals surface area contributed by atoms with E-state index in [0.29, 0.717) is 36.4 Å². The van der Waals surface area contributed by atoms with E-state index in [2.05, 4.69) is 46.6 Å². The molecule has 0 aromatic carbocycles. The number of rotatable bonds is 14. The summed E-state index contributed by atoms with van der Waals surface area (Å²) in [6.07, 6.45) is 4.71. The number of amides is 1. The number of guanidine groups is 2. The molecule has 1 heterocycles. The van der Waals surface area contributed by atoms with Gasteiger partial charge in [-0.15, -0.1) is 11.3 Å². The van der Waals surface area contributed by atoms with E-state index in [9.17, 15) is 9.59 Å². The molecule has 0 aliphatic carbocycles. The van der Waals surface area contributed by atoms with Crippen LogP contribution in [0, 0.1) is 0 Å². The summed E-state index contributed by atoms with van der Waals surface area (Å²) in [5, 5.41) is 14.2. The highest BCUT2D eigenvalue weighted by atomic mass is 32.1. The molecule has 1 rings (SSSR count). The molecular formula is C20H40N10O3S. The van der Waals surface area contributed by atoms with Crippen LogP contribution in [-0.2, 0) is 9.63 Å². The topological polar surface area (TPSA) is 193 Å². The molecule has 0 fully saturated rings. The molecule has 0 aliphatic rings. The lowest BCUT2D eigenvalue weighted by atomic mass is 10.1. The number of carbonyl (C=O) groups excluding carboxylic acids is 2. The van der Waals surface area contributed by atoms with Gasteiger partial charge in [-0.1, -0.05) is 0 Å². The number of nitrogens with zero attached hydrogens (tertiary/aromatic N) is 3. The van der Waals surface area contributed by atoms with Gasteiger partial charge in [0.1, 0.15) is 0 Å². The molecule has 0 aliphatic heterocycles. The lowest BCUT2D eigenvalue weighted by molar-refractivity contribution is -0.133. The smallest absolute Gasteiger partial charge is 0.260 e. The number of Topliss-reactive ketones (excluding diaryl/α,β-unsaturated/α-hetero) is 1. The van der Waals surface area contributed by atoms with Crippen LogP contribution < -0.4 is 38.2 Å². The van der Waals surface area contributed by atoms with Gasteiger partial charge in [0.25, 0.3) is 5.91 Å². The second-order valence-corrected chi connectivity index (χ2v) is 7.80. The largest absolute Gasteiger partial charge is 0.370 e. The molecule has 194 valence electrons. The molecule has 0 spiro atoms. The van der Waals surface area contributed by atoms with Crippen LogP contribution in [0.4, 0.5) is 0 Å². The van der Waals surface area contributed by atoms with E-state index < -0.39 is 0 Å². The van der Waals surface area contributed by atoms with Crippen LogP contribution in [-0.4, -0.2) is 89.1 Å². The van der Waals surface area contributed by atoms with Crippen LogP contribution in [0.3, 0.4) is 0 Å². The van der Waals surface area contributed by atoms with Crippen LogP contribution in [0.1, 0.15) is 35.5 Å². The Kier molecular flexibility index (Phi) is 18.0. The van der Waals surface area contributed by atoms with Gasteiger partial charge in [0.2, 0.25) is 5.78 Å². The molecule has 0 saturated heterocycles. The Morgan fingerprint density at radius 2 is 1.56 bits per heavy atom. The van der Waals surface area contributed by atoms with Crippen molar-refractivity contribution in [2.45, 2.75) is 37.8 Å². The predicted molar refractivity (Wildman–Crippen MR) is 137 cm³/mol. The highest BCUT2D eigenvalue weighted by Crippen LogP contribution is 2.10. The van der Waals surface area contributed by atoms with Crippen molar-refractivity contribution in [2.75, 3.05) is 48.4 Å². The van der Waals surface area contributed by atoms with Crippen molar-refractivity contribution in [3.63, 3.8) is 0 Å². The maximum Gasteiger partial charge on any atom is 0.260 e. The minimum atomic E-state index is -0.262. The summed E-state index contributed by atoms with van der Waals surface area (Å²) in [7, 11) is 8.17. The molecule has 2 atom stereocenters. The van der Waals surface area contributed by atoms with E-state index in [0.717, 1.165) is 19.3 Å². The van der Waals surface area contributed by atoms with Crippen molar-refractivity contribution in [3.8, 4) is 0 Å². The molecule has 0 saturated carbocycles. The van der Waals surface area contributed by atoms with E-state index in [1.54, 1.807) is 39.8 Å². The molecule has 0 bridgehead atoms. The Labute approximate surface area is 205 Å². The Balaban J connectivity index is 0.000000646. The first kappa shape index (κ1) is 31.2. The van der Waals surface area contributed by atoms with Crippen LogP contribution >= 0.6 is 11.3 Å². The van der Waals surface area contributed by atoms with Gasteiger partial charge in [-0.25, -0.2) is 10.5 Å². The predicted octanol–water partition coefficient (Wildman–Crippen LogP) is -1.21. The minimum Gasteiger partial charge on any atom is -0.370 e. The quantitative estimate of drug-likeness (QED) is 0.0536. The third-order valence-corrected chi connectivity index (χ3v) is 5.40. The number of nitrogens with one attached hydrogen (secondary N) is 5. The maximum atomic E-state index is 12.0. The molecule has 1 aromatic heterocycles. The first-order valence-electron chi connectivity index (χ1n) is 10.9. The number of carbonyl (C=O) groups is 2. The second-order valence-electron chi connectivity index (χ2n) is 6.91. The number of aromatic nitrogens is 1. The summed E-state index contributed by atoms with van der Waals surface area (Å²) in [6.45, 7) is 1.38. The molecule has 9 N–H and O–H groups in total. The highest BCUT2D eigenvalue weighted by Gasteiger charge is 2.19. The normalized spacial score (nSPS) is 13.3. The van der Waals surface area contributed by atoms with E-state index in [4.69, 9.17) is 11.5 Å². The lowest BCUT2D eigenvalue weighted by Gasteiger charge is -2.14. The number of thiazole rings is 1. The fourth-order valence-corrected chi connectivity index (χ4v) is 3.31. The minimum absolute atomic E-state index is 0.0460. The van der Waals surface area contributed by atoms with Crippen molar-refractivity contribution in [1.82, 2.24) is 31.7 Å². The van der Waals surface area contributed by atoms with E-state index >= 15 is 0 Å². The van der Waals surface area contributed by atoms with Gasteiger partial charge in [-0.05, 0) is 39.8 Å². The van der Waals surface area contributed by atoms with Crippen molar-refractivity contribution in [2.24, 2.45) is 21.5 Å². The summed E-state index contributed by atoms with van der Waals surface area (Å²) in [5.74, 6) is 0.691. The lowest BCUT2D eigenvalue weighted by Crippen LogP contribution is -2.42. The summed E-state index contributed by atoms with van der Waals surface area (Å²) in [6, 6.07) is -0.459. The average Bonchev–Trinajstić information content (AvgIpc) is 3.39. The molecule has 13 nitrogen and oxygen atoms in total. The third kappa shape index (κ3) is 13.7. The van der Waals surface area contributed by atoms with Gasteiger partial charge >= 0.3 is 0 Å². The SMILES string of the molecule is CN=C(N)NCCC[C@H](NC)C(=O)NOC.CN=C(N)NCCC[C@H](NC)C(=O)c1nccs1. The Morgan fingerprint density at radius 1 is 1.03 bits per heavy atom. The van der Waals surface area contributed by atoms with Crippen LogP contribution in [0.5, 0.6) is 0 Å². The molecular weight excluding hydrogens is 460 g/mol. The van der Waals surface area contributed by atoms with E-state index in [-0.39, 0.29) is 23.8 Å². The van der Waals surface area contributed by atoms with Gasteiger partial charge in [0, 0.05) is 38.8 Å². The Morgan fingerprint density at radius 3 is 1.97 bits per heavy atom. The zero-order valence-corrected chi connectivity index (χ0v) is 21.5. The average molecular weight is 501 g/mol. The summed E-state index contributed by atoms with van der Waals surface area (Å²) in [5.41, 5.74) is 13.2. The Bertz CT molecular complexity index is 743. The highest BCUT2D eigenvalue weighted by molar-refractivity contribution is 7.11. The van der Waals surface area contributed by atoms with Crippen LogP contribution in [0.2, 0.25) is 0 Å². The van der Waals surface area contributed by atoms with Crippen LogP contribution in [0.15, 0.2) is 21.6 Å². The number of hydrogen-bond acceptors (Lipinski definition) is 9. The molecule has 0 radical (unpaired) electrons. The number of likely N-dealkylation sites (N-methyl/N-ethyl adjacent to an activating group) is 2. The monoisotopic (exact) mass is 500 g/mol. The Hall–Kier alpha value is -2.81. The molecule has 34 heavy (non-hydrogen) atoms. The first-order valence-corrected chi connectivity index (χ1v) is 11.8. The van der Waals surface area contributed by atoms with Crippen molar-refractivity contribution < 1.29 is 14.4 Å². The third-order valence-electron chi connectivity index (χ3n) is 4.61. The van der Waals surface area contributed by atoms with Crippen molar-refractivity contribution in [1.29, 1.82) is 0 Å². The molecule has 1 amide bonds. The first-order chi connectivity index (χ1) is 16.3. The van der Waals surface area contributed by atoms with Gasteiger partial charge in [-0.2, -0.15) is 0 Å². The summed E-state index contributed by atoms with van der Waals surface area (Å²) in [4.78, 5) is 39.6. The molecule has 0 unspecified atom stereocenters. The van der Waals surface area contributed by atoms with Gasteiger partial charge in [0.15, 0.2) is 16.9 Å². The number of aliphatic imine (C=N–C) groups is 2. The van der Waals surface area contributed by atoms with Crippen molar-refractivity contribution >= 4 is 34.9 Å². The molecule has 14 heteroatoms. The zero-order chi connectivity index (χ0) is 25.8. The van der Waals surface area contributed by atoms with E-state index in [1.165, 1.54) is 18.4 Å². The second kappa shape index (κ2) is 19.6. The van der Waals surface area contributed by atoms with E-state index in [1.807, 2.05) is 0 Å². The summed E-state index contributed by atoms with van der Waals surface area (Å²) < 4.78 is 0. The van der Waals surface area contributed by atoms with Gasteiger partial charge in [-0.3, -0.25) is 24.4 Å². The number of hydrogen-bond donors (Lipinski definition) is 7. The fraction of sp³-hybridized carbons (Fsp3) is 0.650. The standard InChI is InChI=1S/C11H19N5OS.C9H21N5O2/c1-13-8(4-3-5-16-11(12)14-2)9(17)10-15-6-7-18-10;1-11-7(8(15)14-16-3)5-4-6-13-9(10)12-2/h6-8,13H,3-5H2,1-2H3,(H3,12,14,16);7,11H,4-6H2,1-3H3,(H,14,15)(H3,10,12,13)/t8-;7-/m00/s1. The fourth-order valence-electron chi connectivity index (χ4n) is 2.68.